The lowest BCUT2D eigenvalue weighted by molar-refractivity contribution is -0.141. The zero-order valence-corrected chi connectivity index (χ0v) is 22.5. The number of ether oxygens (including phenoxy) is 4. The maximum absolute atomic E-state index is 6.21. The topological polar surface area (TPSA) is 65.9 Å². The van der Waals surface area contributed by atoms with Crippen molar-refractivity contribution in [1.29, 1.82) is 0 Å². The number of aromatic nitrogens is 2. The molecule has 1 saturated heterocycles. The SMILES string of the molecule is COC(OC)C1CCN(c2ccc(-c3ccc(OCc4ccccc4)nc3OCc3ccccc3)nc2)CC1. The number of methoxy groups -OCH3 is 2. The van der Waals surface area contributed by atoms with Gasteiger partial charge in [-0.05, 0) is 42.2 Å². The van der Waals surface area contributed by atoms with Crippen LogP contribution in [0.1, 0.15) is 24.0 Å². The molecule has 7 heteroatoms. The van der Waals surface area contributed by atoms with Gasteiger partial charge in [-0.3, -0.25) is 4.98 Å². The molecule has 0 bridgehead atoms. The van der Waals surface area contributed by atoms with E-state index < -0.39 is 0 Å². The van der Waals surface area contributed by atoms with Crippen molar-refractivity contribution in [2.75, 3.05) is 32.2 Å². The minimum atomic E-state index is -0.144. The summed E-state index contributed by atoms with van der Waals surface area (Å²) in [6.07, 6.45) is 3.81. The van der Waals surface area contributed by atoms with Crippen molar-refractivity contribution >= 4 is 5.69 Å². The molecule has 1 fully saturated rings. The molecule has 2 aromatic carbocycles. The van der Waals surface area contributed by atoms with Gasteiger partial charge in [-0.25, -0.2) is 0 Å². The largest absolute Gasteiger partial charge is 0.473 e. The van der Waals surface area contributed by atoms with Crippen LogP contribution in [0.4, 0.5) is 5.69 Å². The van der Waals surface area contributed by atoms with Crippen LogP contribution in [0, 0.1) is 5.92 Å². The standard InChI is InChI=1S/C32H35N3O4/c1-36-32(37-2)26-17-19-35(20-18-26)27-13-15-29(33-21-27)28-14-16-30(38-22-24-9-5-3-6-10-24)34-31(28)39-23-25-11-7-4-8-12-25/h3-16,21,26,32H,17-20,22-23H2,1-2H3. The van der Waals surface area contributed by atoms with Crippen LogP contribution in [0.25, 0.3) is 11.3 Å². The molecule has 39 heavy (non-hydrogen) atoms. The van der Waals surface area contributed by atoms with Gasteiger partial charge < -0.3 is 23.8 Å². The second kappa shape index (κ2) is 13.2. The summed E-state index contributed by atoms with van der Waals surface area (Å²) in [7, 11) is 3.41. The van der Waals surface area contributed by atoms with Crippen molar-refractivity contribution in [3.63, 3.8) is 0 Å². The van der Waals surface area contributed by atoms with Gasteiger partial charge in [0.1, 0.15) is 13.2 Å². The first-order valence-electron chi connectivity index (χ1n) is 13.3. The second-order valence-electron chi connectivity index (χ2n) is 9.62. The molecule has 0 aliphatic carbocycles. The zero-order chi connectivity index (χ0) is 26.9. The van der Waals surface area contributed by atoms with Crippen molar-refractivity contribution < 1.29 is 18.9 Å². The molecule has 202 valence electrons. The highest BCUT2D eigenvalue weighted by atomic mass is 16.7. The Morgan fingerprint density at radius 3 is 2.00 bits per heavy atom. The van der Waals surface area contributed by atoms with Gasteiger partial charge in [0.25, 0.3) is 0 Å². The quantitative estimate of drug-likeness (QED) is 0.218. The van der Waals surface area contributed by atoms with Gasteiger partial charge in [0, 0.05) is 39.3 Å². The molecule has 3 heterocycles. The minimum Gasteiger partial charge on any atom is -0.473 e. The molecule has 0 N–H and O–H groups in total. The lowest BCUT2D eigenvalue weighted by atomic mass is 9.96. The van der Waals surface area contributed by atoms with E-state index in [2.05, 4.69) is 11.0 Å². The fraction of sp³-hybridized carbons (Fsp3) is 0.312. The summed E-state index contributed by atoms with van der Waals surface area (Å²) in [4.78, 5) is 11.9. The van der Waals surface area contributed by atoms with Crippen LogP contribution in [0.3, 0.4) is 0 Å². The number of rotatable bonds is 11. The number of piperidine rings is 1. The summed E-state index contributed by atoms with van der Waals surface area (Å²) in [6.45, 7) is 2.72. The third-order valence-corrected chi connectivity index (χ3v) is 7.06. The molecule has 0 atom stereocenters. The van der Waals surface area contributed by atoms with E-state index in [4.69, 9.17) is 28.9 Å². The number of benzene rings is 2. The Bertz CT molecular complexity index is 1290. The van der Waals surface area contributed by atoms with Crippen molar-refractivity contribution in [1.82, 2.24) is 9.97 Å². The second-order valence-corrected chi connectivity index (χ2v) is 9.62. The molecule has 1 aliphatic heterocycles. The zero-order valence-electron chi connectivity index (χ0n) is 22.5. The summed E-state index contributed by atoms with van der Waals surface area (Å²) in [5, 5.41) is 0. The smallest absolute Gasteiger partial charge is 0.226 e. The van der Waals surface area contributed by atoms with Crippen molar-refractivity contribution in [3.05, 3.63) is 102 Å². The number of hydrogen-bond acceptors (Lipinski definition) is 7. The van der Waals surface area contributed by atoms with E-state index in [0.717, 1.165) is 54.0 Å². The average molecular weight is 526 g/mol. The van der Waals surface area contributed by atoms with E-state index in [1.807, 2.05) is 85.1 Å². The summed E-state index contributed by atoms with van der Waals surface area (Å²) >= 11 is 0. The van der Waals surface area contributed by atoms with Crippen LogP contribution < -0.4 is 14.4 Å². The molecule has 7 nitrogen and oxygen atoms in total. The fourth-order valence-corrected chi connectivity index (χ4v) is 4.91. The van der Waals surface area contributed by atoms with Crippen molar-refractivity contribution in [2.24, 2.45) is 5.92 Å². The Balaban J connectivity index is 1.31. The van der Waals surface area contributed by atoms with Gasteiger partial charge in [-0.2, -0.15) is 4.98 Å². The molecule has 2 aromatic heterocycles. The normalized spacial score (nSPS) is 14.0. The first-order chi connectivity index (χ1) is 19.2. The first-order valence-corrected chi connectivity index (χ1v) is 13.3. The van der Waals surface area contributed by atoms with Gasteiger partial charge in [0.2, 0.25) is 11.8 Å². The summed E-state index contributed by atoms with van der Waals surface area (Å²) in [6, 6.07) is 28.1. The van der Waals surface area contributed by atoms with Crippen LogP contribution in [-0.4, -0.2) is 43.6 Å². The van der Waals surface area contributed by atoms with Gasteiger partial charge in [-0.1, -0.05) is 60.7 Å². The Hall–Kier alpha value is -3.94. The molecular formula is C32H35N3O4. The Kier molecular flexibility index (Phi) is 9.04. The van der Waals surface area contributed by atoms with E-state index >= 15 is 0 Å². The van der Waals surface area contributed by atoms with Gasteiger partial charge in [0.05, 0.1) is 23.1 Å². The molecule has 0 radical (unpaired) electrons. The molecule has 0 amide bonds. The van der Waals surface area contributed by atoms with Crippen LogP contribution in [-0.2, 0) is 22.7 Å². The highest BCUT2D eigenvalue weighted by Crippen LogP contribution is 2.32. The van der Waals surface area contributed by atoms with E-state index in [-0.39, 0.29) is 6.29 Å². The predicted molar refractivity (Wildman–Crippen MR) is 152 cm³/mol. The van der Waals surface area contributed by atoms with Crippen LogP contribution in [0.15, 0.2) is 91.1 Å². The van der Waals surface area contributed by atoms with E-state index in [9.17, 15) is 0 Å². The lowest BCUT2D eigenvalue weighted by Gasteiger charge is -2.35. The molecule has 4 aromatic rings. The number of nitrogens with zero attached hydrogens (tertiary/aromatic N) is 3. The van der Waals surface area contributed by atoms with E-state index in [0.29, 0.717) is 30.9 Å². The monoisotopic (exact) mass is 525 g/mol. The van der Waals surface area contributed by atoms with Crippen molar-refractivity contribution in [2.45, 2.75) is 32.3 Å². The molecule has 0 saturated carbocycles. The summed E-state index contributed by atoms with van der Waals surface area (Å²) in [5.74, 6) is 1.41. The molecule has 0 unspecified atom stereocenters. The Labute approximate surface area is 230 Å². The lowest BCUT2D eigenvalue weighted by Crippen LogP contribution is -2.39. The number of hydrogen-bond donors (Lipinski definition) is 0. The number of anilines is 1. The van der Waals surface area contributed by atoms with Gasteiger partial charge in [0.15, 0.2) is 6.29 Å². The molecule has 5 rings (SSSR count). The maximum Gasteiger partial charge on any atom is 0.226 e. The summed E-state index contributed by atoms with van der Waals surface area (Å²) in [5.41, 5.74) is 4.88. The molecule has 0 spiro atoms. The summed E-state index contributed by atoms with van der Waals surface area (Å²) < 4.78 is 23.1. The average Bonchev–Trinajstić information content (AvgIpc) is 3.01. The number of pyridine rings is 2. The van der Waals surface area contributed by atoms with E-state index in [1.165, 1.54) is 0 Å². The fourth-order valence-electron chi connectivity index (χ4n) is 4.91. The van der Waals surface area contributed by atoms with Gasteiger partial charge in [-0.15, -0.1) is 0 Å². The minimum absolute atomic E-state index is 0.144. The van der Waals surface area contributed by atoms with Crippen molar-refractivity contribution in [3.8, 4) is 23.0 Å². The van der Waals surface area contributed by atoms with Crippen LogP contribution in [0.5, 0.6) is 11.8 Å². The van der Waals surface area contributed by atoms with E-state index in [1.54, 1.807) is 14.2 Å². The van der Waals surface area contributed by atoms with Crippen LogP contribution >= 0.6 is 0 Å². The third-order valence-electron chi connectivity index (χ3n) is 7.06. The third kappa shape index (κ3) is 6.93. The first kappa shape index (κ1) is 26.7. The highest BCUT2D eigenvalue weighted by Gasteiger charge is 2.26. The Morgan fingerprint density at radius 1 is 0.769 bits per heavy atom. The van der Waals surface area contributed by atoms with Gasteiger partial charge >= 0.3 is 0 Å². The van der Waals surface area contributed by atoms with Crippen LogP contribution in [0.2, 0.25) is 0 Å². The maximum atomic E-state index is 6.21. The predicted octanol–water partition coefficient (Wildman–Crippen LogP) is 6.14. The highest BCUT2D eigenvalue weighted by molar-refractivity contribution is 5.67. The molecule has 1 aliphatic rings. The Morgan fingerprint density at radius 2 is 1.41 bits per heavy atom. The molecular weight excluding hydrogens is 490 g/mol.